The molecule has 0 aromatic heterocycles. The molecular weight excluding hydrogens is 593 g/mol. The molecule has 0 radical (unpaired) electrons. The minimum Gasteiger partial charge on any atom is -0.398 e. The van der Waals surface area contributed by atoms with Crippen molar-refractivity contribution in [1.82, 2.24) is 0 Å². The lowest BCUT2D eigenvalue weighted by atomic mass is 9.87. The van der Waals surface area contributed by atoms with Crippen LogP contribution in [0.2, 0.25) is 0 Å². The van der Waals surface area contributed by atoms with Gasteiger partial charge in [-0.05, 0) is 124 Å². The highest BCUT2D eigenvalue weighted by atomic mass is 14.6. The van der Waals surface area contributed by atoms with Crippen molar-refractivity contribution in [1.29, 1.82) is 5.26 Å². The maximum Gasteiger partial charge on any atom is 0.0991 e. The van der Waals surface area contributed by atoms with Crippen molar-refractivity contribution in [2.24, 2.45) is 5.73 Å². The van der Waals surface area contributed by atoms with E-state index < -0.39 is 0 Å². The van der Waals surface area contributed by atoms with E-state index in [0.717, 1.165) is 45.5 Å². The number of hydrogen-bond acceptors (Lipinski definition) is 2. The zero-order valence-corrected chi connectivity index (χ0v) is 28.4. The van der Waals surface area contributed by atoms with Gasteiger partial charge in [-0.3, -0.25) is 0 Å². The molecule has 0 unspecified atom stereocenters. The topological polar surface area (TPSA) is 49.8 Å². The first kappa shape index (κ1) is 32.8. The highest BCUT2D eigenvalue weighted by Crippen LogP contribution is 2.38. The molecule has 0 aliphatic heterocycles. The van der Waals surface area contributed by atoms with E-state index in [1.54, 1.807) is 0 Å². The van der Waals surface area contributed by atoms with Crippen LogP contribution in [-0.2, 0) is 0 Å². The number of allylic oxidation sites excluding steroid dienone is 10. The van der Waals surface area contributed by atoms with Gasteiger partial charge in [0.25, 0.3) is 0 Å². The van der Waals surface area contributed by atoms with Crippen LogP contribution in [0, 0.1) is 25.2 Å². The van der Waals surface area contributed by atoms with Gasteiger partial charge in [0, 0.05) is 5.70 Å². The van der Waals surface area contributed by atoms with Gasteiger partial charge in [-0.1, -0.05) is 140 Å². The highest BCUT2D eigenvalue weighted by Gasteiger charge is 2.14. The van der Waals surface area contributed by atoms with E-state index in [9.17, 15) is 5.26 Å². The van der Waals surface area contributed by atoms with Crippen LogP contribution < -0.4 is 5.73 Å². The number of nitrogens with zero attached hydrogens (tertiary/aromatic N) is 1. The van der Waals surface area contributed by atoms with Crippen molar-refractivity contribution in [2.45, 2.75) is 27.2 Å². The van der Waals surface area contributed by atoms with Gasteiger partial charge >= 0.3 is 0 Å². The average molecular weight is 633 g/mol. The number of nitrogens with two attached hydrogens (primary N) is 1. The molecule has 0 atom stereocenters. The number of hydrogen-bond donors (Lipinski definition) is 1. The minimum atomic E-state index is 0.660. The second kappa shape index (κ2) is 14.7. The molecule has 5 aromatic rings. The quantitative estimate of drug-likeness (QED) is 0.173. The van der Waals surface area contributed by atoms with Crippen molar-refractivity contribution in [3.8, 4) is 39.4 Å². The average Bonchev–Trinajstić information content (AvgIpc) is 3.14. The molecule has 238 valence electrons. The summed E-state index contributed by atoms with van der Waals surface area (Å²) in [6.07, 6.45) is 13.6. The highest BCUT2D eigenvalue weighted by molar-refractivity contribution is 5.89. The van der Waals surface area contributed by atoms with Crippen LogP contribution in [0.15, 0.2) is 175 Å². The number of aryl methyl sites for hydroxylation is 2. The molecule has 1 aliphatic rings. The van der Waals surface area contributed by atoms with Crippen LogP contribution in [0.5, 0.6) is 0 Å². The summed E-state index contributed by atoms with van der Waals surface area (Å²) < 4.78 is 0. The third-order valence-corrected chi connectivity index (χ3v) is 9.16. The van der Waals surface area contributed by atoms with E-state index in [1.807, 2.05) is 48.5 Å². The Morgan fingerprint density at radius 2 is 1.47 bits per heavy atom. The summed E-state index contributed by atoms with van der Waals surface area (Å²) in [5.74, 6) is 0. The molecule has 6 rings (SSSR count). The molecule has 5 aromatic carbocycles. The Balaban J connectivity index is 1.24. The molecule has 2 heteroatoms. The summed E-state index contributed by atoms with van der Waals surface area (Å²) in [6, 6.07) is 41.8. The lowest BCUT2D eigenvalue weighted by Crippen LogP contribution is -1.99. The van der Waals surface area contributed by atoms with Crippen LogP contribution >= 0.6 is 0 Å². The van der Waals surface area contributed by atoms with Gasteiger partial charge in [0.15, 0.2) is 0 Å². The van der Waals surface area contributed by atoms with E-state index in [0.29, 0.717) is 5.56 Å². The van der Waals surface area contributed by atoms with E-state index in [2.05, 4.69) is 137 Å². The van der Waals surface area contributed by atoms with Gasteiger partial charge in [0.05, 0.1) is 11.6 Å². The van der Waals surface area contributed by atoms with Crippen LogP contribution in [-0.4, -0.2) is 0 Å². The first-order valence-corrected chi connectivity index (χ1v) is 16.6. The predicted molar refractivity (Wildman–Crippen MR) is 208 cm³/mol. The molecule has 0 fully saturated rings. The largest absolute Gasteiger partial charge is 0.398 e. The predicted octanol–water partition coefficient (Wildman–Crippen LogP) is 11.9. The maximum atomic E-state index is 9.34. The van der Waals surface area contributed by atoms with E-state index in [-0.39, 0.29) is 0 Å². The van der Waals surface area contributed by atoms with Gasteiger partial charge in [0.2, 0.25) is 0 Å². The number of nitriles is 1. The molecule has 0 amide bonds. The van der Waals surface area contributed by atoms with Gasteiger partial charge in [0.1, 0.15) is 0 Å². The lowest BCUT2D eigenvalue weighted by molar-refractivity contribution is 1.11. The molecular formula is C47H40N2. The Morgan fingerprint density at radius 3 is 2.22 bits per heavy atom. The summed E-state index contributed by atoms with van der Waals surface area (Å²) >= 11 is 0. The summed E-state index contributed by atoms with van der Waals surface area (Å²) in [7, 11) is 0. The van der Waals surface area contributed by atoms with Crippen LogP contribution in [0.4, 0.5) is 0 Å². The molecule has 2 nitrogen and oxygen atoms in total. The fourth-order valence-corrected chi connectivity index (χ4v) is 6.30. The summed E-state index contributed by atoms with van der Waals surface area (Å²) in [6.45, 7) is 10.7. The minimum absolute atomic E-state index is 0.660. The van der Waals surface area contributed by atoms with Gasteiger partial charge in [-0.15, -0.1) is 0 Å². The Labute approximate surface area is 290 Å². The standard InChI is InChI=1S/C47H40N2/c1-32(38-12-6-5-7-13-38)16-20-39-22-18-36(28-35(39)4)19-27-46(49)43-21-17-33(2)45(30-43)47-34(3)10-8-15-44(47)41-25-23-40(24-26-41)42-14-9-11-37(29-42)31-48/h5-27,29-30H,1,28,49H2,2-4H3/b20-16-,36-19-,46-27-. The lowest BCUT2D eigenvalue weighted by Gasteiger charge is -2.17. The van der Waals surface area contributed by atoms with Crippen LogP contribution in [0.1, 0.15) is 41.2 Å². The molecule has 0 saturated carbocycles. The van der Waals surface area contributed by atoms with E-state index in [4.69, 9.17) is 5.73 Å². The third kappa shape index (κ3) is 7.54. The molecule has 2 N–H and O–H groups in total. The van der Waals surface area contributed by atoms with E-state index in [1.165, 1.54) is 44.5 Å². The first-order valence-electron chi connectivity index (χ1n) is 16.6. The van der Waals surface area contributed by atoms with Gasteiger partial charge < -0.3 is 5.73 Å². The number of rotatable bonds is 8. The zero-order chi connectivity index (χ0) is 34.3. The summed E-state index contributed by atoms with van der Waals surface area (Å²) in [5, 5.41) is 9.34. The number of benzene rings is 5. The fourth-order valence-electron chi connectivity index (χ4n) is 6.30. The smallest absolute Gasteiger partial charge is 0.0991 e. The molecule has 0 heterocycles. The Hall–Kier alpha value is -6.17. The van der Waals surface area contributed by atoms with Crippen molar-refractivity contribution >= 4 is 11.3 Å². The Kier molecular flexibility index (Phi) is 9.84. The van der Waals surface area contributed by atoms with Gasteiger partial charge in [-0.25, -0.2) is 0 Å². The molecule has 1 aliphatic carbocycles. The van der Waals surface area contributed by atoms with E-state index >= 15 is 0 Å². The summed E-state index contributed by atoms with van der Waals surface area (Å²) in [5.41, 5.74) is 24.2. The van der Waals surface area contributed by atoms with Crippen LogP contribution in [0.3, 0.4) is 0 Å². The third-order valence-electron chi connectivity index (χ3n) is 9.16. The fraction of sp³-hybridized carbons (Fsp3) is 0.0851. The maximum absolute atomic E-state index is 9.34. The van der Waals surface area contributed by atoms with Gasteiger partial charge in [-0.2, -0.15) is 5.26 Å². The first-order chi connectivity index (χ1) is 23.8. The molecule has 0 spiro atoms. The summed E-state index contributed by atoms with van der Waals surface area (Å²) in [4.78, 5) is 0. The van der Waals surface area contributed by atoms with Crippen LogP contribution in [0.25, 0.3) is 44.7 Å². The van der Waals surface area contributed by atoms with Crippen molar-refractivity contribution in [2.75, 3.05) is 0 Å². The van der Waals surface area contributed by atoms with Crippen molar-refractivity contribution in [3.63, 3.8) is 0 Å². The van der Waals surface area contributed by atoms with Crippen molar-refractivity contribution < 1.29 is 0 Å². The second-order valence-electron chi connectivity index (χ2n) is 12.6. The molecule has 0 bridgehead atoms. The Bertz CT molecular complexity index is 2230. The van der Waals surface area contributed by atoms with Crippen molar-refractivity contribution in [3.05, 3.63) is 203 Å². The SMILES string of the molecule is C=C(/C=C\C1=C(C)C/C(=C\C=C(/N)c2ccc(C)c(-c3c(C)cccc3-c3ccc(-c4cccc(C#N)c4)cc3)c2)C=C1)c1ccccc1. The molecule has 49 heavy (non-hydrogen) atoms. The second-order valence-corrected chi connectivity index (χ2v) is 12.6. The Morgan fingerprint density at radius 1 is 0.714 bits per heavy atom. The normalized spacial score (nSPS) is 14.0. The zero-order valence-electron chi connectivity index (χ0n) is 28.4. The molecule has 0 saturated heterocycles. The monoisotopic (exact) mass is 632 g/mol.